The molecule has 1 unspecified atom stereocenters. The lowest BCUT2D eigenvalue weighted by molar-refractivity contribution is -0.125. The molecule has 0 aliphatic carbocycles. The highest BCUT2D eigenvalue weighted by Crippen LogP contribution is 2.30. The van der Waals surface area contributed by atoms with Gasteiger partial charge in [-0.3, -0.25) is 4.79 Å². The molecule has 0 spiro atoms. The summed E-state index contributed by atoms with van der Waals surface area (Å²) in [6.45, 7) is 3.40. The van der Waals surface area contributed by atoms with Gasteiger partial charge in [0.05, 0.1) is 21.0 Å². The predicted octanol–water partition coefficient (Wildman–Crippen LogP) is 2.07. The second-order valence-corrected chi connectivity index (χ2v) is 8.13. The number of halogens is 1. The molecule has 2 rings (SSSR count). The Morgan fingerprint density at radius 1 is 1.43 bits per heavy atom. The zero-order chi connectivity index (χ0) is 15.7. The second-order valence-electron chi connectivity index (χ2n) is 5.71. The van der Waals surface area contributed by atoms with Crippen LogP contribution in [0.4, 0.5) is 5.69 Å². The van der Waals surface area contributed by atoms with Crippen molar-refractivity contribution in [3.63, 3.8) is 0 Å². The lowest BCUT2D eigenvalue weighted by atomic mass is 9.82. The number of piperidine rings is 1. The van der Waals surface area contributed by atoms with E-state index in [2.05, 4.69) is 10.6 Å². The van der Waals surface area contributed by atoms with Gasteiger partial charge in [-0.2, -0.15) is 0 Å². The summed E-state index contributed by atoms with van der Waals surface area (Å²) in [5, 5.41) is 6.28. The average Bonchev–Trinajstić information content (AvgIpc) is 2.40. The Labute approximate surface area is 130 Å². The summed E-state index contributed by atoms with van der Waals surface area (Å²) >= 11 is 6.05. The van der Waals surface area contributed by atoms with Gasteiger partial charge in [-0.1, -0.05) is 11.6 Å². The zero-order valence-corrected chi connectivity index (χ0v) is 13.6. The normalized spacial score (nSPS) is 22.8. The molecular formula is C14H19ClN2O3S. The fraction of sp³-hybridized carbons (Fsp3) is 0.500. The van der Waals surface area contributed by atoms with Crippen molar-refractivity contribution in [2.24, 2.45) is 5.41 Å². The zero-order valence-electron chi connectivity index (χ0n) is 12.1. The van der Waals surface area contributed by atoms with E-state index in [-0.39, 0.29) is 10.8 Å². The van der Waals surface area contributed by atoms with E-state index in [1.54, 1.807) is 0 Å². The van der Waals surface area contributed by atoms with Crippen LogP contribution in [0.5, 0.6) is 0 Å². The van der Waals surface area contributed by atoms with Crippen LogP contribution in [-0.2, 0) is 14.6 Å². The topological polar surface area (TPSA) is 75.3 Å². The van der Waals surface area contributed by atoms with E-state index in [0.717, 1.165) is 25.6 Å². The van der Waals surface area contributed by atoms with Crippen LogP contribution in [0.3, 0.4) is 0 Å². The van der Waals surface area contributed by atoms with Gasteiger partial charge in [0.1, 0.15) is 0 Å². The second kappa shape index (κ2) is 5.94. The number of hydrogen-bond acceptors (Lipinski definition) is 4. The molecule has 5 nitrogen and oxygen atoms in total. The van der Waals surface area contributed by atoms with E-state index in [9.17, 15) is 13.2 Å². The first kappa shape index (κ1) is 16.3. The van der Waals surface area contributed by atoms with Crippen LogP contribution in [0, 0.1) is 5.41 Å². The number of rotatable bonds is 3. The Balaban J connectivity index is 2.24. The molecule has 1 aromatic rings. The Morgan fingerprint density at radius 2 is 2.14 bits per heavy atom. The van der Waals surface area contributed by atoms with Crippen molar-refractivity contribution in [3.8, 4) is 0 Å². The van der Waals surface area contributed by atoms with Crippen molar-refractivity contribution >= 4 is 33.0 Å². The summed E-state index contributed by atoms with van der Waals surface area (Å²) in [4.78, 5) is 12.6. The maximum atomic E-state index is 12.4. The molecule has 1 fully saturated rings. The van der Waals surface area contributed by atoms with E-state index in [0.29, 0.717) is 17.3 Å². The number of carbonyl (C=O) groups excluding carboxylic acids is 1. The molecule has 7 heteroatoms. The minimum absolute atomic E-state index is 0.133. The van der Waals surface area contributed by atoms with Crippen molar-refractivity contribution in [2.75, 3.05) is 24.7 Å². The molecule has 1 aliphatic rings. The highest BCUT2D eigenvalue weighted by atomic mass is 35.5. The molecule has 1 saturated heterocycles. The number of hydrogen-bond donors (Lipinski definition) is 2. The van der Waals surface area contributed by atoms with Gasteiger partial charge in [-0.25, -0.2) is 8.42 Å². The summed E-state index contributed by atoms with van der Waals surface area (Å²) in [7, 11) is -3.34. The Morgan fingerprint density at radius 3 is 2.71 bits per heavy atom. The number of amides is 1. The van der Waals surface area contributed by atoms with Crippen LogP contribution >= 0.6 is 11.6 Å². The van der Waals surface area contributed by atoms with Gasteiger partial charge in [0.2, 0.25) is 5.91 Å². The molecule has 1 amide bonds. The minimum Gasteiger partial charge on any atom is -0.324 e. The lowest BCUT2D eigenvalue weighted by Gasteiger charge is -2.32. The van der Waals surface area contributed by atoms with Crippen LogP contribution in [0.15, 0.2) is 23.1 Å². The summed E-state index contributed by atoms with van der Waals surface area (Å²) in [5.74, 6) is -0.151. The van der Waals surface area contributed by atoms with Crippen molar-refractivity contribution in [1.29, 1.82) is 0 Å². The quantitative estimate of drug-likeness (QED) is 0.889. The molecule has 1 aromatic carbocycles. The molecule has 0 saturated carbocycles. The first-order valence-electron chi connectivity index (χ1n) is 6.74. The van der Waals surface area contributed by atoms with Gasteiger partial charge in [0.25, 0.3) is 0 Å². The van der Waals surface area contributed by atoms with Gasteiger partial charge in [-0.15, -0.1) is 0 Å². The largest absolute Gasteiger partial charge is 0.324 e. The Kier molecular flexibility index (Phi) is 4.60. The Hall–Kier alpha value is -1.11. The van der Waals surface area contributed by atoms with Crippen LogP contribution in [0.1, 0.15) is 19.8 Å². The molecule has 1 aliphatic heterocycles. The van der Waals surface area contributed by atoms with Crippen molar-refractivity contribution in [2.45, 2.75) is 24.7 Å². The number of benzene rings is 1. The summed E-state index contributed by atoms with van der Waals surface area (Å²) in [6, 6.07) is 4.31. The van der Waals surface area contributed by atoms with Gasteiger partial charge in [0, 0.05) is 12.8 Å². The smallest absolute Gasteiger partial charge is 0.231 e. The third-order valence-corrected chi connectivity index (χ3v) is 5.20. The first-order chi connectivity index (χ1) is 9.72. The number of anilines is 1. The first-order valence-corrected chi connectivity index (χ1v) is 9.01. The molecule has 1 atom stereocenters. The molecule has 21 heavy (non-hydrogen) atoms. The third kappa shape index (κ3) is 3.75. The number of nitrogens with one attached hydrogen (secondary N) is 2. The molecule has 1 heterocycles. The lowest BCUT2D eigenvalue weighted by Crippen LogP contribution is -2.46. The van der Waals surface area contributed by atoms with Gasteiger partial charge in [-0.05, 0) is 44.5 Å². The molecule has 116 valence electrons. The standard InChI is InChI=1S/C14H19ClN2O3S/c1-14(6-3-7-16-9-14)13(18)17-12-8-10(21(2,19)20)4-5-11(12)15/h4-5,8,16H,3,6-7,9H2,1-2H3,(H,17,18). The maximum Gasteiger partial charge on any atom is 0.231 e. The van der Waals surface area contributed by atoms with Crippen LogP contribution in [0.25, 0.3) is 0 Å². The predicted molar refractivity (Wildman–Crippen MR) is 83.4 cm³/mol. The van der Waals surface area contributed by atoms with Crippen LogP contribution in [0.2, 0.25) is 5.02 Å². The van der Waals surface area contributed by atoms with Crippen LogP contribution < -0.4 is 10.6 Å². The van der Waals surface area contributed by atoms with Gasteiger partial charge < -0.3 is 10.6 Å². The third-order valence-electron chi connectivity index (χ3n) is 3.76. The molecule has 2 N–H and O–H groups in total. The van der Waals surface area contributed by atoms with Crippen molar-refractivity contribution < 1.29 is 13.2 Å². The maximum absolute atomic E-state index is 12.4. The van der Waals surface area contributed by atoms with Crippen molar-refractivity contribution in [3.05, 3.63) is 23.2 Å². The highest BCUT2D eigenvalue weighted by molar-refractivity contribution is 7.90. The number of sulfone groups is 1. The van der Waals surface area contributed by atoms with E-state index >= 15 is 0 Å². The summed E-state index contributed by atoms with van der Waals surface area (Å²) in [6.07, 6.45) is 2.84. The SMILES string of the molecule is CC1(C(=O)Nc2cc(S(C)(=O)=O)ccc2Cl)CCCNC1. The Bertz CT molecular complexity index is 652. The molecular weight excluding hydrogens is 312 g/mol. The number of carbonyl (C=O) groups is 1. The monoisotopic (exact) mass is 330 g/mol. The van der Waals surface area contributed by atoms with Gasteiger partial charge >= 0.3 is 0 Å². The van der Waals surface area contributed by atoms with Gasteiger partial charge in [0.15, 0.2) is 9.84 Å². The minimum atomic E-state index is -3.34. The summed E-state index contributed by atoms with van der Waals surface area (Å²) < 4.78 is 23.2. The van der Waals surface area contributed by atoms with Crippen molar-refractivity contribution in [1.82, 2.24) is 5.32 Å². The van der Waals surface area contributed by atoms with E-state index < -0.39 is 15.3 Å². The van der Waals surface area contributed by atoms with Crippen LogP contribution in [-0.4, -0.2) is 33.7 Å². The van der Waals surface area contributed by atoms with E-state index in [1.807, 2.05) is 6.92 Å². The molecule has 0 radical (unpaired) electrons. The molecule has 0 aromatic heterocycles. The fourth-order valence-electron chi connectivity index (χ4n) is 2.35. The average molecular weight is 331 g/mol. The highest BCUT2D eigenvalue weighted by Gasteiger charge is 2.34. The van der Waals surface area contributed by atoms with E-state index in [4.69, 9.17) is 11.6 Å². The fourth-order valence-corrected chi connectivity index (χ4v) is 3.17. The van der Waals surface area contributed by atoms with E-state index in [1.165, 1.54) is 18.2 Å². The molecule has 0 bridgehead atoms. The summed E-state index contributed by atoms with van der Waals surface area (Å²) in [5.41, 5.74) is -0.181.